The van der Waals surface area contributed by atoms with Gasteiger partial charge in [-0.2, -0.15) is 0 Å². The van der Waals surface area contributed by atoms with Crippen LogP contribution in [0.15, 0.2) is 0 Å². The van der Waals surface area contributed by atoms with E-state index in [1.165, 1.54) is 0 Å². The van der Waals surface area contributed by atoms with E-state index in [1.807, 2.05) is 13.8 Å². The summed E-state index contributed by atoms with van der Waals surface area (Å²) < 4.78 is 0. The van der Waals surface area contributed by atoms with Crippen molar-refractivity contribution in [1.29, 1.82) is 0 Å². The molecule has 0 spiro atoms. The first-order valence-electron chi connectivity index (χ1n) is 5.54. The van der Waals surface area contributed by atoms with Gasteiger partial charge in [-0.1, -0.05) is 20.3 Å². The van der Waals surface area contributed by atoms with E-state index in [4.69, 9.17) is 11.5 Å². The van der Waals surface area contributed by atoms with E-state index in [0.29, 0.717) is 12.8 Å². The Balaban J connectivity index is 4.69. The van der Waals surface area contributed by atoms with Crippen molar-refractivity contribution in [2.45, 2.75) is 57.5 Å². The molecule has 4 nitrogen and oxygen atoms in total. The van der Waals surface area contributed by atoms with Crippen LogP contribution in [0, 0.1) is 0 Å². The van der Waals surface area contributed by atoms with Gasteiger partial charge < -0.3 is 16.3 Å². The van der Waals surface area contributed by atoms with Crippen molar-refractivity contribution in [3.05, 3.63) is 0 Å². The third-order valence-corrected chi connectivity index (χ3v) is 2.67. The molecule has 2 unspecified atom stereocenters. The fraction of sp³-hybridized carbons (Fsp3) is 0.818. The monoisotopic (exact) mass is 214 g/mol. The summed E-state index contributed by atoms with van der Waals surface area (Å²) in [5, 5.41) is 0. The minimum absolute atomic E-state index is 0.0267. The largest absolute Gasteiger partial charge is 0.325 e. The molecular weight excluding hydrogens is 192 g/mol. The van der Waals surface area contributed by atoms with Gasteiger partial charge >= 0.3 is 0 Å². The standard InChI is InChI=1S/C11H22N2O2/c1-3-5-10(15)11(13,7-4-2)9(12)6-8-14/h8-9H,3-7,12-13H2,1-2H3. The Hall–Kier alpha value is -0.740. The number of aldehydes is 1. The zero-order valence-electron chi connectivity index (χ0n) is 9.66. The second kappa shape index (κ2) is 6.69. The van der Waals surface area contributed by atoms with Crippen LogP contribution in [0.2, 0.25) is 0 Å². The molecular formula is C11H22N2O2. The first kappa shape index (κ1) is 14.3. The SMILES string of the molecule is CCCC(=O)C(N)(CCC)C(N)CC=O. The average molecular weight is 214 g/mol. The number of ketones is 1. The summed E-state index contributed by atoms with van der Waals surface area (Å²) >= 11 is 0. The molecule has 2 atom stereocenters. The molecule has 0 fully saturated rings. The molecule has 0 saturated heterocycles. The van der Waals surface area contributed by atoms with Gasteiger partial charge in [0.05, 0.1) is 5.54 Å². The van der Waals surface area contributed by atoms with Crippen molar-refractivity contribution in [2.24, 2.45) is 11.5 Å². The van der Waals surface area contributed by atoms with Crippen LogP contribution < -0.4 is 11.5 Å². The molecule has 0 amide bonds. The summed E-state index contributed by atoms with van der Waals surface area (Å²) in [5.74, 6) is -0.0267. The zero-order valence-corrected chi connectivity index (χ0v) is 9.66. The molecule has 4 N–H and O–H groups in total. The molecule has 0 rings (SSSR count). The Morgan fingerprint density at radius 1 is 1.40 bits per heavy atom. The van der Waals surface area contributed by atoms with Crippen LogP contribution in [0.25, 0.3) is 0 Å². The number of hydrogen-bond donors (Lipinski definition) is 2. The van der Waals surface area contributed by atoms with Crippen molar-refractivity contribution < 1.29 is 9.59 Å². The number of rotatable bonds is 8. The minimum Gasteiger partial charge on any atom is -0.325 e. The lowest BCUT2D eigenvalue weighted by atomic mass is 9.80. The van der Waals surface area contributed by atoms with Gasteiger partial charge in [0.2, 0.25) is 0 Å². The molecule has 0 aliphatic carbocycles. The van der Waals surface area contributed by atoms with Gasteiger partial charge in [-0.25, -0.2) is 0 Å². The van der Waals surface area contributed by atoms with Gasteiger partial charge in [0.25, 0.3) is 0 Å². The van der Waals surface area contributed by atoms with Gasteiger partial charge in [-0.15, -0.1) is 0 Å². The highest BCUT2D eigenvalue weighted by Gasteiger charge is 2.37. The van der Waals surface area contributed by atoms with E-state index in [-0.39, 0.29) is 12.2 Å². The number of nitrogens with two attached hydrogens (primary N) is 2. The molecule has 0 aliphatic rings. The summed E-state index contributed by atoms with van der Waals surface area (Å²) in [7, 11) is 0. The van der Waals surface area contributed by atoms with E-state index in [9.17, 15) is 9.59 Å². The number of hydrogen-bond acceptors (Lipinski definition) is 4. The lowest BCUT2D eigenvalue weighted by molar-refractivity contribution is -0.125. The fourth-order valence-electron chi connectivity index (χ4n) is 1.72. The molecule has 0 heterocycles. The van der Waals surface area contributed by atoms with E-state index in [0.717, 1.165) is 19.1 Å². The smallest absolute Gasteiger partial charge is 0.154 e. The van der Waals surface area contributed by atoms with Crippen LogP contribution in [0.4, 0.5) is 0 Å². The molecule has 0 aromatic carbocycles. The molecule has 88 valence electrons. The molecule has 0 radical (unpaired) electrons. The Kier molecular flexibility index (Phi) is 6.36. The summed E-state index contributed by atoms with van der Waals surface area (Å²) in [6.45, 7) is 3.88. The predicted molar refractivity (Wildman–Crippen MR) is 60.4 cm³/mol. The third-order valence-electron chi connectivity index (χ3n) is 2.67. The second-order valence-corrected chi connectivity index (χ2v) is 3.97. The summed E-state index contributed by atoms with van der Waals surface area (Å²) in [6.07, 6.45) is 3.39. The lowest BCUT2D eigenvalue weighted by Gasteiger charge is -2.32. The Morgan fingerprint density at radius 2 is 2.00 bits per heavy atom. The maximum Gasteiger partial charge on any atom is 0.154 e. The molecule has 0 saturated carbocycles. The summed E-state index contributed by atoms with van der Waals surface area (Å²) in [4.78, 5) is 22.3. The summed E-state index contributed by atoms with van der Waals surface area (Å²) in [5.41, 5.74) is 10.8. The molecule has 4 heteroatoms. The quantitative estimate of drug-likeness (QED) is 0.584. The maximum atomic E-state index is 11.9. The maximum absolute atomic E-state index is 11.9. The van der Waals surface area contributed by atoms with Crippen LogP contribution in [0.3, 0.4) is 0 Å². The Labute approximate surface area is 91.4 Å². The third kappa shape index (κ3) is 3.72. The fourth-order valence-corrected chi connectivity index (χ4v) is 1.72. The van der Waals surface area contributed by atoms with E-state index < -0.39 is 11.6 Å². The van der Waals surface area contributed by atoms with Crippen LogP contribution in [0.5, 0.6) is 0 Å². The second-order valence-electron chi connectivity index (χ2n) is 3.97. The molecule has 15 heavy (non-hydrogen) atoms. The Bertz CT molecular complexity index is 219. The molecule has 0 aliphatic heterocycles. The van der Waals surface area contributed by atoms with Crippen molar-refractivity contribution in [3.63, 3.8) is 0 Å². The van der Waals surface area contributed by atoms with Gasteiger partial charge in [-0.3, -0.25) is 4.79 Å². The first-order valence-corrected chi connectivity index (χ1v) is 5.54. The summed E-state index contributed by atoms with van der Waals surface area (Å²) in [6, 6.07) is -0.561. The predicted octanol–water partition coefficient (Wildman–Crippen LogP) is 0.769. The number of Topliss-reactive ketones (excluding diaryl/α,β-unsaturated/α-hetero) is 1. The van der Waals surface area contributed by atoms with Gasteiger partial charge in [0.15, 0.2) is 5.78 Å². The van der Waals surface area contributed by atoms with E-state index >= 15 is 0 Å². The van der Waals surface area contributed by atoms with Crippen LogP contribution in [-0.4, -0.2) is 23.7 Å². The Morgan fingerprint density at radius 3 is 2.40 bits per heavy atom. The number of carbonyl (C=O) groups excluding carboxylic acids is 2. The van der Waals surface area contributed by atoms with Gasteiger partial charge in [0.1, 0.15) is 6.29 Å². The highest BCUT2D eigenvalue weighted by Crippen LogP contribution is 2.19. The molecule has 0 aromatic rings. The van der Waals surface area contributed by atoms with Crippen molar-refractivity contribution in [3.8, 4) is 0 Å². The highest BCUT2D eigenvalue weighted by atomic mass is 16.1. The number of carbonyl (C=O) groups is 2. The van der Waals surface area contributed by atoms with Crippen LogP contribution in [0.1, 0.15) is 46.0 Å². The van der Waals surface area contributed by atoms with Gasteiger partial charge in [0, 0.05) is 18.9 Å². The van der Waals surface area contributed by atoms with E-state index in [1.54, 1.807) is 0 Å². The van der Waals surface area contributed by atoms with Crippen molar-refractivity contribution in [1.82, 2.24) is 0 Å². The minimum atomic E-state index is -1.02. The van der Waals surface area contributed by atoms with Gasteiger partial charge in [-0.05, 0) is 12.8 Å². The average Bonchev–Trinajstić information content (AvgIpc) is 2.18. The topological polar surface area (TPSA) is 86.2 Å². The molecule has 0 bridgehead atoms. The van der Waals surface area contributed by atoms with Crippen LogP contribution in [-0.2, 0) is 9.59 Å². The highest BCUT2D eigenvalue weighted by molar-refractivity contribution is 5.89. The van der Waals surface area contributed by atoms with Crippen LogP contribution >= 0.6 is 0 Å². The normalized spacial score (nSPS) is 16.8. The molecule has 0 aromatic heterocycles. The van der Waals surface area contributed by atoms with Crippen molar-refractivity contribution in [2.75, 3.05) is 0 Å². The first-order chi connectivity index (χ1) is 7.02. The lowest BCUT2D eigenvalue weighted by Crippen LogP contribution is -2.60. The zero-order chi connectivity index (χ0) is 11.9. The van der Waals surface area contributed by atoms with Crippen molar-refractivity contribution >= 4 is 12.1 Å². The van der Waals surface area contributed by atoms with E-state index in [2.05, 4.69) is 0 Å².